The van der Waals surface area contributed by atoms with Gasteiger partial charge in [-0.2, -0.15) is 0 Å². The Kier molecular flexibility index (Phi) is 5.61. The van der Waals surface area contributed by atoms with Crippen LogP contribution in [0.5, 0.6) is 0 Å². The molecule has 0 radical (unpaired) electrons. The van der Waals surface area contributed by atoms with Crippen LogP contribution in [0, 0.1) is 11.8 Å². The van der Waals surface area contributed by atoms with E-state index in [0.29, 0.717) is 0 Å². The van der Waals surface area contributed by atoms with E-state index in [-0.39, 0.29) is 18.7 Å². The number of carbonyl (C=O) groups is 1. The number of amides is 1. The summed E-state index contributed by atoms with van der Waals surface area (Å²) >= 11 is 0. The van der Waals surface area contributed by atoms with Crippen molar-refractivity contribution in [2.45, 2.75) is 19.0 Å². The molecule has 1 fully saturated rings. The molecule has 1 atom stereocenters. The van der Waals surface area contributed by atoms with Crippen molar-refractivity contribution in [3.8, 4) is 11.8 Å². The largest absolute Gasteiger partial charge is 0.453 e. The van der Waals surface area contributed by atoms with Crippen molar-refractivity contribution in [2.75, 3.05) is 26.8 Å². The van der Waals surface area contributed by atoms with Gasteiger partial charge < -0.3 is 15.2 Å². The number of hydrogen-bond donors (Lipinski definition) is 2. The van der Waals surface area contributed by atoms with Gasteiger partial charge in [-0.15, -0.1) is 0 Å². The Morgan fingerprint density at radius 2 is 2.24 bits per heavy atom. The molecule has 1 aromatic carbocycles. The Balaban J connectivity index is 1.84. The van der Waals surface area contributed by atoms with Crippen molar-refractivity contribution >= 4 is 6.09 Å². The molecule has 1 aliphatic heterocycles. The Labute approximate surface area is 124 Å². The topological polar surface area (TPSA) is 61.8 Å². The monoisotopic (exact) mass is 288 g/mol. The molecule has 5 heteroatoms. The molecule has 1 unspecified atom stereocenters. The number of rotatable bonds is 3. The van der Waals surface area contributed by atoms with E-state index in [4.69, 9.17) is 5.11 Å². The highest BCUT2D eigenvalue weighted by Gasteiger charge is 2.23. The van der Waals surface area contributed by atoms with Crippen molar-refractivity contribution in [3.63, 3.8) is 0 Å². The number of hydrogen-bond acceptors (Lipinski definition) is 4. The van der Waals surface area contributed by atoms with E-state index in [9.17, 15) is 4.79 Å². The minimum absolute atomic E-state index is 0.121. The Hall–Kier alpha value is -2.03. The lowest BCUT2D eigenvalue weighted by Crippen LogP contribution is -2.36. The molecule has 1 aromatic rings. The van der Waals surface area contributed by atoms with Crippen LogP contribution in [0.2, 0.25) is 0 Å². The van der Waals surface area contributed by atoms with Crippen LogP contribution in [-0.2, 0) is 11.3 Å². The minimum Gasteiger partial charge on any atom is -0.453 e. The van der Waals surface area contributed by atoms with Crippen molar-refractivity contribution in [1.82, 2.24) is 10.2 Å². The molecule has 0 saturated carbocycles. The number of methoxy groups -OCH3 is 1. The van der Waals surface area contributed by atoms with Crippen LogP contribution in [0.1, 0.15) is 17.5 Å². The van der Waals surface area contributed by atoms with Gasteiger partial charge in [-0.25, -0.2) is 4.79 Å². The van der Waals surface area contributed by atoms with Gasteiger partial charge in [-0.05, 0) is 24.1 Å². The molecule has 0 aliphatic carbocycles. The molecule has 1 amide bonds. The summed E-state index contributed by atoms with van der Waals surface area (Å²) in [7, 11) is 1.38. The fourth-order valence-corrected chi connectivity index (χ4v) is 2.41. The first kappa shape index (κ1) is 15.4. The van der Waals surface area contributed by atoms with E-state index in [1.807, 2.05) is 24.3 Å². The van der Waals surface area contributed by atoms with Crippen LogP contribution >= 0.6 is 0 Å². The first-order valence-corrected chi connectivity index (χ1v) is 6.97. The van der Waals surface area contributed by atoms with Gasteiger partial charge in [0.1, 0.15) is 6.61 Å². The lowest BCUT2D eigenvalue weighted by atomic mass is 10.1. The molecule has 1 saturated heterocycles. The first-order valence-electron chi connectivity index (χ1n) is 6.97. The summed E-state index contributed by atoms with van der Waals surface area (Å²) in [5, 5.41) is 11.5. The lowest BCUT2D eigenvalue weighted by molar-refractivity contribution is 0.166. The van der Waals surface area contributed by atoms with E-state index in [2.05, 4.69) is 26.8 Å². The van der Waals surface area contributed by atoms with Gasteiger partial charge in [-0.1, -0.05) is 24.0 Å². The highest BCUT2D eigenvalue weighted by molar-refractivity contribution is 5.67. The van der Waals surface area contributed by atoms with Crippen LogP contribution in [-0.4, -0.2) is 48.9 Å². The summed E-state index contributed by atoms with van der Waals surface area (Å²) in [5.74, 6) is 5.50. The first-order chi connectivity index (χ1) is 10.2. The van der Waals surface area contributed by atoms with E-state index >= 15 is 0 Å². The number of alkyl carbamates (subject to hydrolysis) is 1. The Bertz CT molecular complexity index is 531. The van der Waals surface area contributed by atoms with Gasteiger partial charge in [0.2, 0.25) is 0 Å². The van der Waals surface area contributed by atoms with Crippen LogP contribution in [0.3, 0.4) is 0 Å². The number of ether oxygens (including phenoxy) is 1. The van der Waals surface area contributed by atoms with Crippen LogP contribution < -0.4 is 5.32 Å². The normalized spacial score (nSPS) is 17.9. The van der Waals surface area contributed by atoms with Crippen molar-refractivity contribution in [3.05, 3.63) is 35.4 Å². The fraction of sp³-hybridized carbons (Fsp3) is 0.438. The summed E-state index contributed by atoms with van der Waals surface area (Å²) in [5.41, 5.74) is 2.11. The predicted octanol–water partition coefficient (Wildman–Crippen LogP) is 0.961. The second-order valence-electron chi connectivity index (χ2n) is 5.01. The molecular formula is C16H20N2O3. The number of benzene rings is 1. The van der Waals surface area contributed by atoms with E-state index in [1.54, 1.807) is 0 Å². The maximum atomic E-state index is 11.2. The number of carbonyl (C=O) groups excluding carboxylic acids is 1. The van der Waals surface area contributed by atoms with Gasteiger partial charge in [0.15, 0.2) is 0 Å². The fourth-order valence-electron chi connectivity index (χ4n) is 2.41. The predicted molar refractivity (Wildman–Crippen MR) is 79.6 cm³/mol. The third-order valence-corrected chi connectivity index (χ3v) is 3.45. The molecule has 0 aromatic heterocycles. The van der Waals surface area contributed by atoms with Gasteiger partial charge in [-0.3, -0.25) is 4.90 Å². The molecule has 1 heterocycles. The standard InChI is InChI=1S/C16H20N2O3/c1-21-16(20)17-15-8-9-18(12-15)11-14-6-4-13(5-7-14)3-2-10-19/h4-7,15,19H,8-12H2,1H3,(H,17,20). The highest BCUT2D eigenvalue weighted by Crippen LogP contribution is 2.14. The van der Waals surface area contributed by atoms with E-state index < -0.39 is 0 Å². The van der Waals surface area contributed by atoms with Crippen molar-refractivity contribution in [2.24, 2.45) is 0 Å². The maximum Gasteiger partial charge on any atom is 0.407 e. The maximum absolute atomic E-state index is 11.2. The van der Waals surface area contributed by atoms with E-state index in [0.717, 1.165) is 31.6 Å². The zero-order valence-electron chi connectivity index (χ0n) is 12.1. The van der Waals surface area contributed by atoms with Crippen LogP contribution in [0.25, 0.3) is 0 Å². The SMILES string of the molecule is COC(=O)NC1CCN(Cc2ccc(C#CCO)cc2)C1. The van der Waals surface area contributed by atoms with E-state index in [1.165, 1.54) is 12.7 Å². The lowest BCUT2D eigenvalue weighted by Gasteiger charge is -2.16. The summed E-state index contributed by atoms with van der Waals surface area (Å²) < 4.78 is 4.61. The third-order valence-electron chi connectivity index (χ3n) is 3.45. The number of aliphatic hydroxyl groups is 1. The molecular weight excluding hydrogens is 268 g/mol. The number of nitrogens with zero attached hydrogens (tertiary/aromatic N) is 1. The average Bonchev–Trinajstić information content (AvgIpc) is 2.93. The number of likely N-dealkylation sites (tertiary alicyclic amines) is 1. The second-order valence-corrected chi connectivity index (χ2v) is 5.01. The molecule has 21 heavy (non-hydrogen) atoms. The minimum atomic E-state index is -0.367. The summed E-state index contributed by atoms with van der Waals surface area (Å²) in [6.07, 6.45) is 0.573. The van der Waals surface area contributed by atoms with Gasteiger partial charge in [0.25, 0.3) is 0 Å². The smallest absolute Gasteiger partial charge is 0.407 e. The van der Waals surface area contributed by atoms with Crippen LogP contribution in [0.15, 0.2) is 24.3 Å². The highest BCUT2D eigenvalue weighted by atomic mass is 16.5. The molecule has 0 bridgehead atoms. The average molecular weight is 288 g/mol. The second kappa shape index (κ2) is 7.67. The van der Waals surface area contributed by atoms with Crippen LogP contribution in [0.4, 0.5) is 4.79 Å². The summed E-state index contributed by atoms with van der Waals surface area (Å²) in [4.78, 5) is 13.5. The van der Waals surface area contributed by atoms with Gasteiger partial charge in [0.05, 0.1) is 7.11 Å². The zero-order chi connectivity index (χ0) is 15.1. The zero-order valence-corrected chi connectivity index (χ0v) is 12.1. The molecule has 2 N–H and O–H groups in total. The number of aliphatic hydroxyl groups excluding tert-OH is 1. The molecule has 112 valence electrons. The molecule has 2 rings (SSSR count). The third kappa shape index (κ3) is 4.78. The summed E-state index contributed by atoms with van der Waals surface area (Å²) in [6, 6.07) is 8.16. The van der Waals surface area contributed by atoms with Gasteiger partial charge in [0, 0.05) is 31.2 Å². The Morgan fingerprint density at radius 1 is 1.48 bits per heavy atom. The Morgan fingerprint density at radius 3 is 2.90 bits per heavy atom. The van der Waals surface area contributed by atoms with Crippen molar-refractivity contribution in [1.29, 1.82) is 0 Å². The quantitative estimate of drug-likeness (QED) is 0.813. The van der Waals surface area contributed by atoms with Crippen molar-refractivity contribution < 1.29 is 14.6 Å². The summed E-state index contributed by atoms with van der Waals surface area (Å²) in [6.45, 7) is 2.53. The van der Waals surface area contributed by atoms with Gasteiger partial charge >= 0.3 is 6.09 Å². The molecule has 0 spiro atoms. The molecule has 5 nitrogen and oxygen atoms in total. The number of nitrogens with one attached hydrogen (secondary N) is 1. The molecule has 1 aliphatic rings.